The van der Waals surface area contributed by atoms with Gasteiger partial charge in [-0.15, -0.1) is 0 Å². The number of hydrogen-bond donors (Lipinski definition) is 0. The highest BCUT2D eigenvalue weighted by atomic mass is 14.1. The lowest BCUT2D eigenvalue weighted by Gasteiger charge is -1.79. The Morgan fingerprint density at radius 2 is 1.40 bits per heavy atom. The molecule has 0 unspecified atom stereocenters. The fourth-order valence-electron chi connectivity index (χ4n) is 0.354. The van der Waals surface area contributed by atoms with Crippen molar-refractivity contribution in [3.63, 3.8) is 0 Å². The van der Waals surface area contributed by atoms with Gasteiger partial charge in [-0.2, -0.15) is 0 Å². The Morgan fingerprint density at radius 1 is 1.00 bits per heavy atom. The molecule has 0 aliphatic heterocycles. The van der Waals surface area contributed by atoms with Gasteiger partial charge in [0.25, 0.3) is 0 Å². The van der Waals surface area contributed by atoms with Crippen LogP contribution in [0.2, 0.25) is 0 Å². The van der Waals surface area contributed by atoms with Crippen LogP contribution in [-0.4, -0.2) is 0 Å². The summed E-state index contributed by atoms with van der Waals surface area (Å²) < 4.78 is 0. The van der Waals surface area contributed by atoms with E-state index in [0.717, 1.165) is 0 Å². The van der Waals surface area contributed by atoms with Crippen molar-refractivity contribution in [2.75, 3.05) is 0 Å². The highest BCUT2D eigenvalue weighted by molar-refractivity contribution is 4.24. The lowest BCUT2D eigenvalue weighted by molar-refractivity contribution is 0.772. The Balaban J connectivity index is 2.19. The van der Waals surface area contributed by atoms with Gasteiger partial charge in [0.05, 0.1) is 0 Å². The normalized spacial score (nSPS) is 8.40. The summed E-state index contributed by atoms with van der Waals surface area (Å²) in [6, 6.07) is 0. The predicted molar refractivity (Wildman–Crippen MR) is 25.2 cm³/mol. The highest BCUT2D eigenvalue weighted by Gasteiger charge is 1.68. The quantitative estimate of drug-likeness (QED) is 0.439. The SMILES string of the molecule is CCC[13CH2]C. The van der Waals surface area contributed by atoms with Crippen LogP contribution < -0.4 is 0 Å². The molecule has 0 aliphatic carbocycles. The van der Waals surface area contributed by atoms with Gasteiger partial charge < -0.3 is 0 Å². The summed E-state index contributed by atoms with van der Waals surface area (Å²) >= 11 is 0. The molecular formula is C5H12. The monoisotopic (exact) mass is 73.1 g/mol. The van der Waals surface area contributed by atoms with Crippen LogP contribution in [0, 0.1) is 0 Å². The van der Waals surface area contributed by atoms with E-state index in [-0.39, 0.29) is 0 Å². The molecule has 0 aromatic heterocycles. The summed E-state index contributed by atoms with van der Waals surface area (Å²) in [7, 11) is 0. The van der Waals surface area contributed by atoms with Gasteiger partial charge in [0, 0.05) is 0 Å². The molecule has 5 heavy (non-hydrogen) atoms. The van der Waals surface area contributed by atoms with Gasteiger partial charge in [-0.3, -0.25) is 0 Å². The first kappa shape index (κ1) is 5.00. The molecule has 0 bridgehead atoms. The fourth-order valence-corrected chi connectivity index (χ4v) is 0.354. The Hall–Kier alpha value is 0. The van der Waals surface area contributed by atoms with E-state index < -0.39 is 0 Å². The first-order valence-corrected chi connectivity index (χ1v) is 2.41. The van der Waals surface area contributed by atoms with E-state index >= 15 is 0 Å². The van der Waals surface area contributed by atoms with Crippen molar-refractivity contribution in [1.29, 1.82) is 0 Å². The Bertz CT molecular complexity index is 7.51. The summed E-state index contributed by atoms with van der Waals surface area (Å²) in [5.74, 6) is 0. The molecule has 0 spiro atoms. The maximum atomic E-state index is 2.21. The van der Waals surface area contributed by atoms with Crippen molar-refractivity contribution in [2.45, 2.75) is 33.1 Å². The Kier molecular flexibility index (Phi) is 4.00. The average molecular weight is 73.1 g/mol. The molecule has 0 heterocycles. The molecule has 0 aliphatic rings. The second kappa shape index (κ2) is 4.00. The van der Waals surface area contributed by atoms with Gasteiger partial charge in [0.1, 0.15) is 0 Å². The van der Waals surface area contributed by atoms with Gasteiger partial charge in [-0.05, 0) is 0 Å². The molecule has 0 rings (SSSR count). The van der Waals surface area contributed by atoms with Crippen LogP contribution in [0.3, 0.4) is 0 Å². The third-order valence-corrected chi connectivity index (χ3v) is 0.707. The first-order chi connectivity index (χ1) is 2.41. The molecule has 0 heteroatoms. The standard InChI is InChI=1S/C5H12/c1-3-5-4-2/h3-5H2,1-2H3/i3+1. The minimum atomic E-state index is 1.34. The molecule has 32 valence electrons. The van der Waals surface area contributed by atoms with Gasteiger partial charge in [0.2, 0.25) is 0 Å². The zero-order valence-electron chi connectivity index (χ0n) is 4.12. The van der Waals surface area contributed by atoms with E-state index in [9.17, 15) is 0 Å². The molecule has 0 atom stereocenters. The van der Waals surface area contributed by atoms with Gasteiger partial charge in [0.15, 0.2) is 0 Å². The number of rotatable bonds is 2. The van der Waals surface area contributed by atoms with E-state index in [1.165, 1.54) is 19.3 Å². The molecular weight excluding hydrogens is 61.0 g/mol. The van der Waals surface area contributed by atoms with E-state index in [1.807, 2.05) is 0 Å². The maximum Gasteiger partial charge on any atom is -0.0538 e. The molecule has 0 amide bonds. The van der Waals surface area contributed by atoms with Crippen LogP contribution in [0.25, 0.3) is 0 Å². The van der Waals surface area contributed by atoms with E-state index in [4.69, 9.17) is 0 Å². The van der Waals surface area contributed by atoms with Crippen LogP contribution in [0.15, 0.2) is 0 Å². The topological polar surface area (TPSA) is 0 Å². The lowest BCUT2D eigenvalue weighted by atomic mass is 10.4. The Morgan fingerprint density at radius 3 is 1.40 bits per heavy atom. The largest absolute Gasteiger partial charge is 0.0654 e. The fraction of sp³-hybridized carbons (Fsp3) is 1.00. The van der Waals surface area contributed by atoms with Crippen molar-refractivity contribution in [3.05, 3.63) is 0 Å². The molecule has 0 saturated carbocycles. The van der Waals surface area contributed by atoms with Gasteiger partial charge in [-0.25, -0.2) is 0 Å². The summed E-state index contributed by atoms with van der Waals surface area (Å²) in [4.78, 5) is 0. The van der Waals surface area contributed by atoms with Crippen LogP contribution in [-0.2, 0) is 0 Å². The molecule has 0 radical (unpaired) electrons. The minimum Gasteiger partial charge on any atom is -0.0654 e. The minimum absolute atomic E-state index is 1.34. The summed E-state index contributed by atoms with van der Waals surface area (Å²) in [6.07, 6.45) is 4.08. The predicted octanol–water partition coefficient (Wildman–Crippen LogP) is 2.20. The van der Waals surface area contributed by atoms with E-state index in [1.54, 1.807) is 0 Å². The molecule has 0 aromatic carbocycles. The summed E-state index contributed by atoms with van der Waals surface area (Å²) in [5.41, 5.74) is 0. The summed E-state index contributed by atoms with van der Waals surface area (Å²) in [6.45, 7) is 4.42. The zero-order chi connectivity index (χ0) is 4.12. The highest BCUT2D eigenvalue weighted by Crippen LogP contribution is 1.88. The summed E-state index contributed by atoms with van der Waals surface area (Å²) in [5, 5.41) is 0. The van der Waals surface area contributed by atoms with Crippen molar-refractivity contribution in [1.82, 2.24) is 0 Å². The second-order valence-electron chi connectivity index (χ2n) is 1.35. The van der Waals surface area contributed by atoms with Crippen molar-refractivity contribution in [3.8, 4) is 0 Å². The average Bonchev–Trinajstić information content (AvgIpc) is 1.41. The first-order valence-electron chi connectivity index (χ1n) is 2.41. The Labute approximate surface area is 34.2 Å². The van der Waals surface area contributed by atoms with Crippen LogP contribution in [0.1, 0.15) is 33.1 Å². The van der Waals surface area contributed by atoms with E-state index in [2.05, 4.69) is 13.8 Å². The third-order valence-electron chi connectivity index (χ3n) is 0.707. The second-order valence-corrected chi connectivity index (χ2v) is 1.35. The lowest BCUT2D eigenvalue weighted by Crippen LogP contribution is -1.59. The van der Waals surface area contributed by atoms with Crippen LogP contribution in [0.4, 0.5) is 0 Å². The van der Waals surface area contributed by atoms with Crippen molar-refractivity contribution >= 4 is 0 Å². The van der Waals surface area contributed by atoms with Crippen molar-refractivity contribution in [2.24, 2.45) is 0 Å². The smallest absolute Gasteiger partial charge is 0.0538 e. The molecule has 0 saturated heterocycles. The molecule has 0 aromatic rings. The maximum absolute atomic E-state index is 2.21. The molecule has 0 N–H and O–H groups in total. The molecule has 0 nitrogen and oxygen atoms in total. The van der Waals surface area contributed by atoms with Crippen LogP contribution in [0.5, 0.6) is 0 Å². The third kappa shape index (κ3) is 4.00. The molecule has 0 fully saturated rings. The van der Waals surface area contributed by atoms with Crippen LogP contribution >= 0.6 is 0 Å². The van der Waals surface area contributed by atoms with Gasteiger partial charge >= 0.3 is 0 Å². The van der Waals surface area contributed by atoms with Crippen molar-refractivity contribution < 1.29 is 0 Å². The number of unbranched alkanes of at least 4 members (excludes halogenated alkanes) is 2. The number of hydrogen-bond acceptors (Lipinski definition) is 0. The van der Waals surface area contributed by atoms with E-state index in [0.29, 0.717) is 0 Å². The van der Waals surface area contributed by atoms with Gasteiger partial charge in [-0.1, -0.05) is 33.1 Å². The zero-order valence-corrected chi connectivity index (χ0v) is 4.12.